The molecule has 3 heterocycles. The van der Waals surface area contributed by atoms with Crippen molar-refractivity contribution in [3.8, 4) is 0 Å². The highest BCUT2D eigenvalue weighted by molar-refractivity contribution is 5.42. The zero-order valence-corrected chi connectivity index (χ0v) is 13.1. The van der Waals surface area contributed by atoms with Crippen molar-refractivity contribution in [2.45, 2.75) is 31.3 Å². The van der Waals surface area contributed by atoms with Crippen molar-refractivity contribution < 1.29 is 0 Å². The van der Waals surface area contributed by atoms with Crippen LogP contribution in [0, 0.1) is 0 Å². The Hall–Kier alpha value is -2.02. The minimum absolute atomic E-state index is 0.534. The van der Waals surface area contributed by atoms with Crippen LogP contribution in [0.3, 0.4) is 0 Å². The molecule has 0 radical (unpaired) electrons. The Labute approximate surface area is 129 Å². The molecule has 0 bridgehead atoms. The second kappa shape index (κ2) is 5.31. The van der Waals surface area contributed by atoms with E-state index in [1.54, 1.807) is 4.80 Å². The molecule has 0 amide bonds. The molecule has 0 N–H and O–H groups in total. The molecule has 1 saturated carbocycles. The summed E-state index contributed by atoms with van der Waals surface area (Å²) < 4.78 is 0. The predicted octanol–water partition coefficient (Wildman–Crippen LogP) is 0.803. The molecule has 4 rings (SSSR count). The molecule has 0 aromatic carbocycles. The first-order valence-corrected chi connectivity index (χ1v) is 7.83. The lowest BCUT2D eigenvalue weighted by Crippen LogP contribution is -2.58. The maximum atomic E-state index is 4.37. The van der Waals surface area contributed by atoms with E-state index in [4.69, 9.17) is 0 Å². The standard InChI is InChI=1S/C15H21N7/c1-20(8-12-7-16-21(2)19-12)13-9-22(10-13)15-6-5-14(17-18-15)11-3-4-11/h5-7,11,13H,3-4,8-10H2,1-2H3. The topological polar surface area (TPSA) is 63.0 Å². The van der Waals surface area contributed by atoms with Crippen LogP contribution < -0.4 is 4.90 Å². The van der Waals surface area contributed by atoms with Crippen LogP contribution in [-0.2, 0) is 13.6 Å². The highest BCUT2D eigenvalue weighted by Gasteiger charge is 2.32. The van der Waals surface area contributed by atoms with Gasteiger partial charge in [0.25, 0.3) is 0 Å². The van der Waals surface area contributed by atoms with Crippen LogP contribution in [0.1, 0.15) is 30.1 Å². The molecule has 2 aliphatic rings. The molecule has 116 valence electrons. The summed E-state index contributed by atoms with van der Waals surface area (Å²) in [5.41, 5.74) is 2.16. The van der Waals surface area contributed by atoms with Gasteiger partial charge in [0.1, 0.15) is 0 Å². The van der Waals surface area contributed by atoms with Crippen LogP contribution in [0.15, 0.2) is 18.3 Å². The Balaban J connectivity index is 1.31. The summed E-state index contributed by atoms with van der Waals surface area (Å²) in [5.74, 6) is 1.66. The third-order valence-corrected chi connectivity index (χ3v) is 4.53. The van der Waals surface area contributed by atoms with E-state index in [-0.39, 0.29) is 0 Å². The smallest absolute Gasteiger partial charge is 0.151 e. The normalized spacial score (nSPS) is 18.8. The molecule has 0 atom stereocenters. The van der Waals surface area contributed by atoms with Crippen molar-refractivity contribution >= 4 is 5.82 Å². The van der Waals surface area contributed by atoms with Gasteiger partial charge in [0.05, 0.1) is 17.6 Å². The van der Waals surface area contributed by atoms with Gasteiger partial charge in [-0.05, 0) is 32.0 Å². The number of nitrogens with zero attached hydrogens (tertiary/aromatic N) is 7. The lowest BCUT2D eigenvalue weighted by atomic mass is 10.1. The molecule has 1 saturated heterocycles. The summed E-state index contributed by atoms with van der Waals surface area (Å²) in [4.78, 5) is 6.21. The Morgan fingerprint density at radius 1 is 1.23 bits per heavy atom. The molecule has 7 nitrogen and oxygen atoms in total. The fourth-order valence-corrected chi connectivity index (χ4v) is 2.87. The number of aromatic nitrogens is 5. The maximum Gasteiger partial charge on any atom is 0.151 e. The Bertz CT molecular complexity index is 640. The maximum absolute atomic E-state index is 4.37. The van der Waals surface area contributed by atoms with Crippen molar-refractivity contribution in [1.82, 2.24) is 30.1 Å². The van der Waals surface area contributed by atoms with Gasteiger partial charge in [-0.1, -0.05) is 0 Å². The molecule has 7 heteroatoms. The van der Waals surface area contributed by atoms with E-state index in [1.807, 2.05) is 13.2 Å². The molecule has 2 aromatic heterocycles. The summed E-state index contributed by atoms with van der Waals surface area (Å²) in [6.07, 6.45) is 4.37. The molecule has 1 aliphatic heterocycles. The Morgan fingerprint density at radius 3 is 2.64 bits per heavy atom. The second-order valence-corrected chi connectivity index (χ2v) is 6.39. The van der Waals surface area contributed by atoms with E-state index in [1.165, 1.54) is 12.8 Å². The minimum atomic E-state index is 0.534. The van der Waals surface area contributed by atoms with Crippen LogP contribution in [0.2, 0.25) is 0 Å². The van der Waals surface area contributed by atoms with Gasteiger partial charge in [-0.2, -0.15) is 20.1 Å². The van der Waals surface area contributed by atoms with Crippen LogP contribution in [0.4, 0.5) is 5.82 Å². The molecule has 0 unspecified atom stereocenters. The summed E-state index contributed by atoms with van der Waals surface area (Å²) in [6.45, 7) is 2.82. The highest BCUT2D eigenvalue weighted by atomic mass is 15.5. The van der Waals surface area contributed by atoms with Gasteiger partial charge in [0.2, 0.25) is 0 Å². The van der Waals surface area contributed by atoms with E-state index < -0.39 is 0 Å². The van der Waals surface area contributed by atoms with E-state index >= 15 is 0 Å². The summed E-state index contributed by atoms with van der Waals surface area (Å²) in [7, 11) is 3.98. The van der Waals surface area contributed by atoms with Gasteiger partial charge in [-0.15, -0.1) is 5.10 Å². The van der Waals surface area contributed by atoms with Gasteiger partial charge < -0.3 is 4.90 Å². The SMILES string of the molecule is CN(Cc1cnn(C)n1)C1CN(c2ccc(C3CC3)nn2)C1. The van der Waals surface area contributed by atoms with Gasteiger partial charge in [0.15, 0.2) is 5.82 Å². The summed E-state index contributed by atoms with van der Waals surface area (Å²) >= 11 is 0. The predicted molar refractivity (Wildman–Crippen MR) is 82.5 cm³/mol. The summed E-state index contributed by atoms with van der Waals surface area (Å²) in [6, 6.07) is 4.78. The van der Waals surface area contributed by atoms with Gasteiger partial charge in [-0.25, -0.2) is 0 Å². The van der Waals surface area contributed by atoms with Crippen LogP contribution in [-0.4, -0.2) is 56.3 Å². The summed E-state index contributed by atoms with van der Waals surface area (Å²) in [5, 5.41) is 17.2. The van der Waals surface area contributed by atoms with E-state index in [0.717, 1.165) is 36.8 Å². The number of rotatable bonds is 5. The lowest BCUT2D eigenvalue weighted by molar-refractivity contribution is 0.194. The van der Waals surface area contributed by atoms with E-state index in [2.05, 4.69) is 49.4 Å². The second-order valence-electron chi connectivity index (χ2n) is 6.39. The lowest BCUT2D eigenvalue weighted by Gasteiger charge is -2.44. The van der Waals surface area contributed by atoms with Crippen molar-refractivity contribution in [1.29, 1.82) is 0 Å². The van der Waals surface area contributed by atoms with Crippen LogP contribution >= 0.6 is 0 Å². The highest BCUT2D eigenvalue weighted by Crippen LogP contribution is 2.38. The fourth-order valence-electron chi connectivity index (χ4n) is 2.87. The Morgan fingerprint density at radius 2 is 2.05 bits per heavy atom. The number of likely N-dealkylation sites (N-methyl/N-ethyl adjacent to an activating group) is 1. The third-order valence-electron chi connectivity index (χ3n) is 4.53. The van der Waals surface area contributed by atoms with Crippen LogP contribution in [0.25, 0.3) is 0 Å². The third kappa shape index (κ3) is 2.68. The molecule has 22 heavy (non-hydrogen) atoms. The first-order chi connectivity index (χ1) is 10.7. The molecule has 0 spiro atoms. The quantitative estimate of drug-likeness (QED) is 0.814. The van der Waals surface area contributed by atoms with Gasteiger partial charge in [0, 0.05) is 38.6 Å². The first-order valence-electron chi connectivity index (χ1n) is 7.83. The molecular weight excluding hydrogens is 278 g/mol. The van der Waals surface area contributed by atoms with Crippen molar-refractivity contribution in [2.24, 2.45) is 7.05 Å². The van der Waals surface area contributed by atoms with E-state index in [0.29, 0.717) is 12.0 Å². The first kappa shape index (κ1) is 13.6. The average Bonchev–Trinajstić information content (AvgIpc) is 3.22. The zero-order chi connectivity index (χ0) is 15.1. The number of hydrogen-bond donors (Lipinski definition) is 0. The van der Waals surface area contributed by atoms with E-state index in [9.17, 15) is 0 Å². The average molecular weight is 299 g/mol. The molecule has 1 aliphatic carbocycles. The van der Waals surface area contributed by atoms with Gasteiger partial charge in [-0.3, -0.25) is 4.90 Å². The monoisotopic (exact) mass is 299 g/mol. The van der Waals surface area contributed by atoms with Crippen molar-refractivity contribution in [3.63, 3.8) is 0 Å². The molecule has 2 aromatic rings. The number of hydrogen-bond acceptors (Lipinski definition) is 6. The largest absolute Gasteiger partial charge is 0.352 e. The minimum Gasteiger partial charge on any atom is -0.352 e. The fraction of sp³-hybridized carbons (Fsp3) is 0.600. The Kier molecular flexibility index (Phi) is 3.29. The van der Waals surface area contributed by atoms with Crippen LogP contribution in [0.5, 0.6) is 0 Å². The number of aryl methyl sites for hydroxylation is 1. The molecule has 2 fully saturated rings. The molecular formula is C15H21N7. The van der Waals surface area contributed by atoms with Crippen molar-refractivity contribution in [2.75, 3.05) is 25.0 Å². The van der Waals surface area contributed by atoms with Gasteiger partial charge >= 0.3 is 0 Å². The van der Waals surface area contributed by atoms with Crippen molar-refractivity contribution in [3.05, 3.63) is 29.7 Å². The zero-order valence-electron chi connectivity index (χ0n) is 13.1. The number of anilines is 1.